The van der Waals surface area contributed by atoms with Gasteiger partial charge < -0.3 is 9.64 Å². The standard InChI is InChI=1S/C24H30FN3O/c25-23-4-2-1-3-22(23)24-6-5-21(26-27-24)13-18-11-19-15-28(16-20(19)12-18)14-17-7-9-29-10-8-17/h1-6,17-20H,7-16H2/t18?,19-,20+. The summed E-state index contributed by atoms with van der Waals surface area (Å²) < 4.78 is 19.4. The minimum atomic E-state index is -0.247. The smallest absolute Gasteiger partial charge is 0.132 e. The minimum Gasteiger partial charge on any atom is -0.381 e. The Bertz CT molecular complexity index is 807. The number of fused-ring (bicyclic) bond motifs is 1. The lowest BCUT2D eigenvalue weighted by Crippen LogP contribution is -2.31. The van der Waals surface area contributed by atoms with E-state index in [0.29, 0.717) is 17.2 Å². The van der Waals surface area contributed by atoms with Crippen LogP contribution < -0.4 is 0 Å². The van der Waals surface area contributed by atoms with Crippen molar-refractivity contribution in [2.45, 2.75) is 32.1 Å². The van der Waals surface area contributed by atoms with Crippen molar-refractivity contribution in [2.24, 2.45) is 23.7 Å². The quantitative estimate of drug-likeness (QED) is 0.760. The summed E-state index contributed by atoms with van der Waals surface area (Å²) >= 11 is 0. The molecule has 0 amide bonds. The van der Waals surface area contributed by atoms with Crippen LogP contribution in [0, 0.1) is 29.5 Å². The van der Waals surface area contributed by atoms with Gasteiger partial charge in [0.2, 0.25) is 0 Å². The fourth-order valence-electron chi connectivity index (χ4n) is 5.71. The van der Waals surface area contributed by atoms with Gasteiger partial charge in [0.1, 0.15) is 5.82 Å². The highest BCUT2D eigenvalue weighted by molar-refractivity contribution is 5.58. The van der Waals surface area contributed by atoms with Gasteiger partial charge in [-0.25, -0.2) is 4.39 Å². The van der Waals surface area contributed by atoms with Crippen LogP contribution in [0.1, 0.15) is 31.4 Å². The van der Waals surface area contributed by atoms with Gasteiger partial charge in [-0.3, -0.25) is 0 Å². The zero-order chi connectivity index (χ0) is 19.6. The molecule has 2 aromatic rings. The summed E-state index contributed by atoms with van der Waals surface area (Å²) in [5, 5.41) is 8.70. The molecule has 3 atom stereocenters. The van der Waals surface area contributed by atoms with Gasteiger partial charge in [-0.1, -0.05) is 12.1 Å². The third-order valence-electron chi connectivity index (χ3n) is 7.15. The molecule has 1 aliphatic carbocycles. The molecule has 3 heterocycles. The molecule has 154 valence electrons. The number of benzene rings is 1. The van der Waals surface area contributed by atoms with Crippen molar-refractivity contribution < 1.29 is 9.13 Å². The van der Waals surface area contributed by atoms with Gasteiger partial charge >= 0.3 is 0 Å². The third-order valence-corrected chi connectivity index (χ3v) is 7.15. The van der Waals surface area contributed by atoms with Crippen molar-refractivity contribution in [3.8, 4) is 11.3 Å². The second-order valence-electron chi connectivity index (χ2n) is 9.23. The molecule has 1 saturated carbocycles. The Morgan fingerprint density at radius 1 is 0.931 bits per heavy atom. The maximum atomic E-state index is 13.9. The predicted octanol–water partition coefficient (Wildman–Crippen LogP) is 4.21. The molecule has 1 unspecified atom stereocenters. The van der Waals surface area contributed by atoms with Crippen LogP contribution in [0.3, 0.4) is 0 Å². The lowest BCUT2D eigenvalue weighted by atomic mass is 9.98. The van der Waals surface area contributed by atoms with Gasteiger partial charge in [-0.2, -0.15) is 10.2 Å². The van der Waals surface area contributed by atoms with Crippen LogP contribution in [-0.4, -0.2) is 47.9 Å². The zero-order valence-corrected chi connectivity index (χ0v) is 17.0. The number of nitrogens with zero attached hydrogens (tertiary/aromatic N) is 3. The van der Waals surface area contributed by atoms with Crippen molar-refractivity contribution in [1.82, 2.24) is 15.1 Å². The summed E-state index contributed by atoms with van der Waals surface area (Å²) in [6.07, 6.45) is 6.08. The highest BCUT2D eigenvalue weighted by Crippen LogP contribution is 2.43. The average molecular weight is 396 g/mol. The van der Waals surface area contributed by atoms with E-state index >= 15 is 0 Å². The molecular formula is C24H30FN3O. The van der Waals surface area contributed by atoms with Gasteiger partial charge in [-0.05, 0) is 80.0 Å². The predicted molar refractivity (Wildman–Crippen MR) is 111 cm³/mol. The van der Waals surface area contributed by atoms with Gasteiger partial charge in [0.25, 0.3) is 0 Å². The van der Waals surface area contributed by atoms with Gasteiger partial charge in [0.05, 0.1) is 11.4 Å². The summed E-state index contributed by atoms with van der Waals surface area (Å²) in [5.74, 6) is 3.00. The molecule has 5 rings (SSSR count). The third kappa shape index (κ3) is 4.36. The molecule has 2 aliphatic heterocycles. The first kappa shape index (κ1) is 19.1. The van der Waals surface area contributed by atoms with E-state index in [1.807, 2.05) is 18.2 Å². The van der Waals surface area contributed by atoms with Crippen molar-refractivity contribution in [1.29, 1.82) is 0 Å². The Kier molecular flexibility index (Phi) is 5.60. The Balaban J connectivity index is 1.13. The summed E-state index contributed by atoms with van der Waals surface area (Å²) in [4.78, 5) is 2.71. The molecule has 5 heteroatoms. The van der Waals surface area contributed by atoms with E-state index in [-0.39, 0.29) is 5.82 Å². The van der Waals surface area contributed by atoms with Crippen LogP contribution in [0.15, 0.2) is 36.4 Å². The molecule has 0 bridgehead atoms. The first-order valence-electron chi connectivity index (χ1n) is 11.1. The number of rotatable bonds is 5. The highest BCUT2D eigenvalue weighted by Gasteiger charge is 2.41. The lowest BCUT2D eigenvalue weighted by molar-refractivity contribution is 0.0544. The molecule has 3 fully saturated rings. The van der Waals surface area contributed by atoms with Gasteiger partial charge in [-0.15, -0.1) is 0 Å². The van der Waals surface area contributed by atoms with E-state index in [2.05, 4.69) is 15.1 Å². The van der Waals surface area contributed by atoms with Crippen LogP contribution in [0.4, 0.5) is 4.39 Å². The number of hydrogen-bond acceptors (Lipinski definition) is 4. The summed E-state index contributed by atoms with van der Waals surface area (Å²) in [7, 11) is 0. The van der Waals surface area contributed by atoms with E-state index < -0.39 is 0 Å². The van der Waals surface area contributed by atoms with Crippen LogP contribution in [-0.2, 0) is 11.2 Å². The molecule has 3 aliphatic rings. The monoisotopic (exact) mass is 395 g/mol. The number of aromatic nitrogens is 2. The molecule has 1 aromatic carbocycles. The van der Waals surface area contributed by atoms with Crippen LogP contribution in [0.2, 0.25) is 0 Å². The van der Waals surface area contributed by atoms with E-state index in [4.69, 9.17) is 4.74 Å². The molecular weight excluding hydrogens is 365 g/mol. The lowest BCUT2D eigenvalue weighted by Gasteiger charge is -2.27. The van der Waals surface area contributed by atoms with Gasteiger partial charge in [0.15, 0.2) is 0 Å². The molecule has 0 radical (unpaired) electrons. The summed E-state index contributed by atoms with van der Waals surface area (Å²) in [5.41, 5.74) is 2.17. The summed E-state index contributed by atoms with van der Waals surface area (Å²) in [6.45, 7) is 5.71. The SMILES string of the molecule is Fc1ccccc1-c1ccc(CC2C[C@@H]3CN(CC4CCOCC4)C[C@@H]3C2)nn1. The van der Waals surface area contributed by atoms with Crippen LogP contribution in [0.25, 0.3) is 11.3 Å². The maximum Gasteiger partial charge on any atom is 0.132 e. The topological polar surface area (TPSA) is 38.2 Å². The Hall–Kier alpha value is -1.85. The largest absolute Gasteiger partial charge is 0.381 e. The molecule has 0 N–H and O–H groups in total. The maximum absolute atomic E-state index is 13.9. The van der Waals surface area contributed by atoms with E-state index in [1.165, 1.54) is 51.4 Å². The van der Waals surface area contributed by atoms with Crippen LogP contribution in [0.5, 0.6) is 0 Å². The minimum absolute atomic E-state index is 0.247. The molecule has 1 aromatic heterocycles. The highest BCUT2D eigenvalue weighted by atomic mass is 19.1. The fourth-order valence-corrected chi connectivity index (χ4v) is 5.71. The molecule has 0 spiro atoms. The van der Waals surface area contributed by atoms with Crippen molar-refractivity contribution in [3.05, 3.63) is 47.9 Å². The fraction of sp³-hybridized carbons (Fsp3) is 0.583. The van der Waals surface area contributed by atoms with E-state index in [1.54, 1.807) is 12.1 Å². The second-order valence-corrected chi connectivity index (χ2v) is 9.23. The van der Waals surface area contributed by atoms with Crippen molar-refractivity contribution >= 4 is 0 Å². The number of likely N-dealkylation sites (tertiary alicyclic amines) is 1. The average Bonchev–Trinajstić information content (AvgIpc) is 3.28. The van der Waals surface area contributed by atoms with E-state index in [0.717, 1.165) is 43.1 Å². The van der Waals surface area contributed by atoms with Crippen LogP contribution >= 0.6 is 0 Å². The summed E-state index contributed by atoms with van der Waals surface area (Å²) in [6, 6.07) is 10.7. The normalized spacial score (nSPS) is 28.0. The Labute approximate surface area is 172 Å². The van der Waals surface area contributed by atoms with E-state index in [9.17, 15) is 4.39 Å². The Morgan fingerprint density at radius 2 is 1.69 bits per heavy atom. The molecule has 2 saturated heterocycles. The first-order valence-corrected chi connectivity index (χ1v) is 11.1. The first-order chi connectivity index (χ1) is 14.2. The molecule has 4 nitrogen and oxygen atoms in total. The Morgan fingerprint density at radius 3 is 2.38 bits per heavy atom. The number of ether oxygens (including phenoxy) is 1. The van der Waals surface area contributed by atoms with Crippen molar-refractivity contribution in [3.63, 3.8) is 0 Å². The van der Waals surface area contributed by atoms with Gasteiger partial charge in [0, 0.05) is 38.4 Å². The number of halogens is 1. The molecule has 29 heavy (non-hydrogen) atoms. The zero-order valence-electron chi connectivity index (χ0n) is 17.0. The number of hydrogen-bond donors (Lipinski definition) is 0. The second kappa shape index (κ2) is 8.49. The van der Waals surface area contributed by atoms with Crippen molar-refractivity contribution in [2.75, 3.05) is 32.8 Å².